The Hall–Kier alpha value is -2.07. The van der Waals surface area contributed by atoms with Gasteiger partial charge in [0.2, 0.25) is 0 Å². The molecular weight excluding hydrogens is 274 g/mol. The van der Waals surface area contributed by atoms with E-state index in [0.29, 0.717) is 11.5 Å². The number of halogens is 1. The first kappa shape index (κ1) is 14.3. The van der Waals surface area contributed by atoms with Crippen LogP contribution in [-0.2, 0) is 0 Å². The fourth-order valence-electron chi connectivity index (χ4n) is 1.88. The van der Waals surface area contributed by atoms with E-state index in [9.17, 15) is 4.79 Å². The van der Waals surface area contributed by atoms with Crippen LogP contribution in [0.4, 0.5) is 11.5 Å². The Morgan fingerprint density at radius 3 is 2.70 bits per heavy atom. The fourth-order valence-corrected chi connectivity index (χ4v) is 2.05. The van der Waals surface area contributed by atoms with Gasteiger partial charge in [-0.1, -0.05) is 43.6 Å². The van der Waals surface area contributed by atoms with Crippen molar-refractivity contribution in [2.45, 2.75) is 19.8 Å². The number of nitrogens with zero attached hydrogens (tertiary/aromatic N) is 1. The second-order valence-electron chi connectivity index (χ2n) is 4.79. The highest BCUT2D eigenvalue weighted by Gasteiger charge is 2.12. The summed E-state index contributed by atoms with van der Waals surface area (Å²) in [7, 11) is 0. The van der Waals surface area contributed by atoms with Crippen LogP contribution in [-0.4, -0.2) is 10.9 Å². The number of pyridine rings is 1. The standard InChI is InChI=1S/C15H16ClN3O/c1-9(2)11-5-3-4-6-13(11)19-15(20)10-7-12(16)14(17)18-8-10/h3-9H,1-2H3,(H2,17,18)(H,19,20). The van der Waals surface area contributed by atoms with Gasteiger partial charge in [-0.05, 0) is 23.6 Å². The third-order valence-electron chi connectivity index (χ3n) is 2.96. The largest absolute Gasteiger partial charge is 0.382 e. The zero-order valence-corrected chi connectivity index (χ0v) is 12.1. The van der Waals surface area contributed by atoms with E-state index in [1.807, 2.05) is 24.3 Å². The molecule has 20 heavy (non-hydrogen) atoms. The lowest BCUT2D eigenvalue weighted by atomic mass is 10.0. The number of para-hydroxylation sites is 1. The van der Waals surface area contributed by atoms with Gasteiger partial charge >= 0.3 is 0 Å². The van der Waals surface area contributed by atoms with E-state index in [4.69, 9.17) is 17.3 Å². The second-order valence-corrected chi connectivity index (χ2v) is 5.19. The Labute approximate surface area is 123 Å². The lowest BCUT2D eigenvalue weighted by Crippen LogP contribution is -2.14. The first-order chi connectivity index (χ1) is 9.49. The van der Waals surface area contributed by atoms with Crippen molar-refractivity contribution in [3.8, 4) is 0 Å². The molecule has 1 aromatic heterocycles. The maximum absolute atomic E-state index is 12.2. The molecule has 5 heteroatoms. The number of nitrogen functional groups attached to an aromatic ring is 1. The van der Waals surface area contributed by atoms with Gasteiger partial charge in [-0.3, -0.25) is 4.79 Å². The highest BCUT2D eigenvalue weighted by atomic mass is 35.5. The molecule has 0 saturated heterocycles. The third kappa shape index (κ3) is 3.08. The zero-order valence-electron chi connectivity index (χ0n) is 11.4. The molecule has 2 aromatic rings. The maximum Gasteiger partial charge on any atom is 0.257 e. The summed E-state index contributed by atoms with van der Waals surface area (Å²) in [5.41, 5.74) is 7.78. The third-order valence-corrected chi connectivity index (χ3v) is 3.27. The average molecular weight is 290 g/mol. The van der Waals surface area contributed by atoms with Crippen molar-refractivity contribution in [1.29, 1.82) is 0 Å². The molecule has 104 valence electrons. The van der Waals surface area contributed by atoms with Crippen LogP contribution in [0.2, 0.25) is 5.02 Å². The highest BCUT2D eigenvalue weighted by Crippen LogP contribution is 2.24. The summed E-state index contributed by atoms with van der Waals surface area (Å²) in [5, 5.41) is 3.15. The monoisotopic (exact) mass is 289 g/mol. The Morgan fingerprint density at radius 2 is 2.05 bits per heavy atom. The summed E-state index contributed by atoms with van der Waals surface area (Å²) in [5.74, 6) is 0.276. The van der Waals surface area contributed by atoms with Gasteiger partial charge in [0.25, 0.3) is 5.91 Å². The summed E-state index contributed by atoms with van der Waals surface area (Å²) in [6.45, 7) is 4.15. The van der Waals surface area contributed by atoms with E-state index in [1.54, 1.807) is 0 Å². The van der Waals surface area contributed by atoms with Gasteiger partial charge in [-0.25, -0.2) is 4.98 Å². The molecule has 1 heterocycles. The molecule has 0 aliphatic carbocycles. The molecule has 0 spiro atoms. The Kier molecular flexibility index (Phi) is 4.25. The van der Waals surface area contributed by atoms with Crippen LogP contribution in [0.25, 0.3) is 0 Å². The van der Waals surface area contributed by atoms with Gasteiger partial charge in [-0.2, -0.15) is 0 Å². The van der Waals surface area contributed by atoms with Crippen LogP contribution in [0.1, 0.15) is 35.7 Å². The van der Waals surface area contributed by atoms with Gasteiger partial charge in [0.1, 0.15) is 5.82 Å². The number of carbonyl (C=O) groups is 1. The van der Waals surface area contributed by atoms with E-state index < -0.39 is 0 Å². The SMILES string of the molecule is CC(C)c1ccccc1NC(=O)c1cnc(N)c(Cl)c1. The Bertz CT molecular complexity index is 641. The summed E-state index contributed by atoms with van der Waals surface area (Å²) in [6.07, 6.45) is 1.41. The molecule has 0 aliphatic rings. The lowest BCUT2D eigenvalue weighted by molar-refractivity contribution is 0.102. The number of benzene rings is 1. The zero-order chi connectivity index (χ0) is 14.7. The van der Waals surface area contributed by atoms with Crippen LogP contribution < -0.4 is 11.1 Å². The number of aromatic nitrogens is 1. The van der Waals surface area contributed by atoms with Crippen molar-refractivity contribution in [2.75, 3.05) is 11.1 Å². The molecule has 2 rings (SSSR count). The van der Waals surface area contributed by atoms with Crippen LogP contribution >= 0.6 is 11.6 Å². The van der Waals surface area contributed by atoms with Crippen molar-refractivity contribution >= 4 is 29.0 Å². The van der Waals surface area contributed by atoms with Crippen molar-refractivity contribution in [1.82, 2.24) is 4.98 Å². The summed E-state index contributed by atoms with van der Waals surface area (Å²) < 4.78 is 0. The Morgan fingerprint density at radius 1 is 1.35 bits per heavy atom. The van der Waals surface area contributed by atoms with Gasteiger partial charge in [0.15, 0.2) is 0 Å². The number of amides is 1. The number of hydrogen-bond acceptors (Lipinski definition) is 3. The first-order valence-electron chi connectivity index (χ1n) is 6.30. The van der Waals surface area contributed by atoms with Gasteiger partial charge < -0.3 is 11.1 Å². The maximum atomic E-state index is 12.2. The molecule has 0 radical (unpaired) electrons. The van der Waals surface area contributed by atoms with E-state index >= 15 is 0 Å². The van der Waals surface area contributed by atoms with Crippen LogP contribution in [0.15, 0.2) is 36.5 Å². The number of nitrogens with two attached hydrogens (primary N) is 1. The van der Waals surface area contributed by atoms with E-state index in [1.165, 1.54) is 12.3 Å². The molecule has 1 amide bonds. The fraction of sp³-hybridized carbons (Fsp3) is 0.200. The molecule has 0 fully saturated rings. The molecule has 0 atom stereocenters. The highest BCUT2D eigenvalue weighted by molar-refractivity contribution is 6.33. The molecule has 0 saturated carbocycles. The summed E-state index contributed by atoms with van der Waals surface area (Å²) in [4.78, 5) is 16.1. The minimum Gasteiger partial charge on any atom is -0.382 e. The molecule has 3 N–H and O–H groups in total. The second kappa shape index (κ2) is 5.92. The number of rotatable bonds is 3. The molecular formula is C15H16ClN3O. The van der Waals surface area contributed by atoms with Crippen molar-refractivity contribution in [3.63, 3.8) is 0 Å². The molecule has 4 nitrogen and oxygen atoms in total. The van der Waals surface area contributed by atoms with Gasteiger partial charge in [0.05, 0.1) is 10.6 Å². The van der Waals surface area contributed by atoms with Gasteiger partial charge in [-0.15, -0.1) is 0 Å². The summed E-state index contributed by atoms with van der Waals surface area (Å²) >= 11 is 5.88. The number of carbonyl (C=O) groups excluding carboxylic acids is 1. The van der Waals surface area contributed by atoms with Crippen LogP contribution in [0, 0.1) is 0 Å². The predicted octanol–water partition coefficient (Wildman–Crippen LogP) is 3.69. The van der Waals surface area contributed by atoms with Crippen molar-refractivity contribution < 1.29 is 4.79 Å². The lowest BCUT2D eigenvalue weighted by Gasteiger charge is -2.13. The Balaban J connectivity index is 2.26. The van der Waals surface area contributed by atoms with Crippen molar-refractivity contribution in [2.24, 2.45) is 0 Å². The normalized spacial score (nSPS) is 10.6. The van der Waals surface area contributed by atoms with Gasteiger partial charge in [0, 0.05) is 11.9 Å². The van der Waals surface area contributed by atoms with Crippen molar-refractivity contribution in [3.05, 3.63) is 52.7 Å². The quantitative estimate of drug-likeness (QED) is 0.905. The van der Waals surface area contributed by atoms with E-state index in [-0.39, 0.29) is 16.7 Å². The number of hydrogen-bond donors (Lipinski definition) is 2. The van der Waals surface area contributed by atoms with Crippen LogP contribution in [0.5, 0.6) is 0 Å². The summed E-state index contributed by atoms with van der Waals surface area (Å²) in [6, 6.07) is 9.22. The molecule has 1 aromatic carbocycles. The molecule has 0 unspecified atom stereocenters. The minimum atomic E-state index is -0.257. The topological polar surface area (TPSA) is 68.0 Å². The molecule has 0 aliphatic heterocycles. The predicted molar refractivity (Wildman–Crippen MR) is 82.1 cm³/mol. The number of anilines is 2. The molecule has 0 bridgehead atoms. The van der Waals surface area contributed by atoms with E-state index in [0.717, 1.165) is 11.3 Å². The smallest absolute Gasteiger partial charge is 0.257 e. The van der Waals surface area contributed by atoms with Crippen LogP contribution in [0.3, 0.4) is 0 Å². The first-order valence-corrected chi connectivity index (χ1v) is 6.68. The van der Waals surface area contributed by atoms with E-state index in [2.05, 4.69) is 24.1 Å². The minimum absolute atomic E-state index is 0.214. The average Bonchev–Trinajstić information content (AvgIpc) is 2.42. The number of nitrogens with one attached hydrogen (secondary N) is 1.